The molecule has 0 radical (unpaired) electrons. The van der Waals surface area contributed by atoms with Gasteiger partial charge in [-0.1, -0.05) is 0 Å². The Morgan fingerprint density at radius 1 is 1.35 bits per heavy atom. The topological polar surface area (TPSA) is 54.7 Å². The van der Waals surface area contributed by atoms with Gasteiger partial charge in [-0.15, -0.1) is 12.4 Å². The van der Waals surface area contributed by atoms with Gasteiger partial charge < -0.3 is 14.5 Å². The first-order valence-corrected chi connectivity index (χ1v) is 8.29. The number of furan rings is 1. The number of carbonyl (C=O) groups excluding carboxylic acids is 1. The normalized spacial score (nSPS) is 19.4. The van der Waals surface area contributed by atoms with Gasteiger partial charge in [-0.25, -0.2) is 4.79 Å². The van der Waals surface area contributed by atoms with E-state index < -0.39 is 0 Å². The highest BCUT2D eigenvalue weighted by Gasteiger charge is 2.25. The van der Waals surface area contributed by atoms with Crippen LogP contribution in [-0.2, 0) is 11.3 Å². The summed E-state index contributed by atoms with van der Waals surface area (Å²) in [4.78, 5) is 14.0. The van der Waals surface area contributed by atoms with Gasteiger partial charge in [0.1, 0.15) is 17.1 Å². The Morgan fingerprint density at radius 2 is 2.04 bits per heavy atom. The van der Waals surface area contributed by atoms with Gasteiger partial charge in [0, 0.05) is 19.1 Å². The Labute approximate surface area is 144 Å². The van der Waals surface area contributed by atoms with Gasteiger partial charge in [-0.2, -0.15) is 0 Å². The number of nitrogens with zero attached hydrogens (tertiary/aromatic N) is 1. The molecule has 23 heavy (non-hydrogen) atoms. The fourth-order valence-corrected chi connectivity index (χ4v) is 3.11. The van der Waals surface area contributed by atoms with Crippen LogP contribution in [0.2, 0.25) is 0 Å². The van der Waals surface area contributed by atoms with E-state index in [1.165, 1.54) is 39.3 Å². The predicted molar refractivity (Wildman–Crippen MR) is 91.1 cm³/mol. The van der Waals surface area contributed by atoms with Crippen LogP contribution in [0.1, 0.15) is 47.6 Å². The minimum atomic E-state index is -0.324. The zero-order valence-corrected chi connectivity index (χ0v) is 14.8. The molecule has 1 saturated heterocycles. The molecule has 0 amide bonds. The molecule has 2 fully saturated rings. The molecule has 0 aromatic carbocycles. The molecule has 1 aliphatic carbocycles. The van der Waals surface area contributed by atoms with E-state index in [4.69, 9.17) is 9.15 Å². The summed E-state index contributed by atoms with van der Waals surface area (Å²) in [7, 11) is 1.40. The number of likely N-dealkylation sites (tertiary alicyclic amines) is 1. The number of nitrogens with one attached hydrogen (secondary N) is 1. The van der Waals surface area contributed by atoms with Gasteiger partial charge in [-0.3, -0.25) is 4.90 Å². The number of ether oxygens (including phenoxy) is 1. The van der Waals surface area contributed by atoms with Crippen molar-refractivity contribution >= 4 is 18.4 Å². The van der Waals surface area contributed by atoms with Crippen LogP contribution < -0.4 is 5.32 Å². The van der Waals surface area contributed by atoms with Gasteiger partial charge in [-0.05, 0) is 51.1 Å². The first kappa shape index (κ1) is 18.3. The third kappa shape index (κ3) is 4.96. The van der Waals surface area contributed by atoms with E-state index in [0.717, 1.165) is 31.3 Å². The van der Waals surface area contributed by atoms with E-state index in [1.807, 2.05) is 13.0 Å². The van der Waals surface area contributed by atoms with Crippen LogP contribution in [0.5, 0.6) is 0 Å². The molecule has 1 aliphatic heterocycles. The Balaban J connectivity index is 0.00000192. The van der Waals surface area contributed by atoms with Crippen molar-refractivity contribution in [3.63, 3.8) is 0 Å². The molecule has 1 saturated carbocycles. The van der Waals surface area contributed by atoms with Crippen molar-refractivity contribution in [3.05, 3.63) is 23.2 Å². The molecule has 0 atom stereocenters. The number of esters is 1. The minimum Gasteiger partial charge on any atom is -0.465 e. The second-order valence-electron chi connectivity index (χ2n) is 6.58. The molecule has 0 spiro atoms. The maximum Gasteiger partial charge on any atom is 0.341 e. The first-order valence-electron chi connectivity index (χ1n) is 8.29. The third-order valence-corrected chi connectivity index (χ3v) is 4.73. The van der Waals surface area contributed by atoms with Crippen LogP contribution in [0.4, 0.5) is 0 Å². The summed E-state index contributed by atoms with van der Waals surface area (Å²) in [6.07, 6.45) is 5.20. The lowest BCUT2D eigenvalue weighted by atomic mass is 10.0. The molecule has 0 unspecified atom stereocenters. The zero-order valence-electron chi connectivity index (χ0n) is 14.0. The number of hydrogen-bond donors (Lipinski definition) is 1. The SMILES string of the molecule is COC(=O)c1cc(CN2CCC(NCC3CC3)CC2)oc1C.Cl. The number of rotatable bonds is 6. The second kappa shape index (κ2) is 8.18. The number of piperidine rings is 1. The van der Waals surface area contributed by atoms with E-state index in [1.54, 1.807) is 0 Å². The Morgan fingerprint density at radius 3 is 2.65 bits per heavy atom. The largest absolute Gasteiger partial charge is 0.465 e. The third-order valence-electron chi connectivity index (χ3n) is 4.73. The number of carbonyl (C=O) groups is 1. The minimum absolute atomic E-state index is 0. The molecule has 130 valence electrons. The van der Waals surface area contributed by atoms with E-state index in [2.05, 4.69) is 10.2 Å². The predicted octanol–water partition coefficient (Wildman–Crippen LogP) is 2.76. The van der Waals surface area contributed by atoms with Crippen LogP contribution in [0.15, 0.2) is 10.5 Å². The van der Waals surface area contributed by atoms with Gasteiger partial charge >= 0.3 is 5.97 Å². The molecule has 6 heteroatoms. The van der Waals surface area contributed by atoms with E-state index in [-0.39, 0.29) is 18.4 Å². The Kier molecular flexibility index (Phi) is 6.50. The molecule has 2 heterocycles. The zero-order chi connectivity index (χ0) is 15.5. The Hall–Kier alpha value is -1.04. The summed E-state index contributed by atoms with van der Waals surface area (Å²) in [6, 6.07) is 2.49. The fraction of sp³-hybridized carbons (Fsp3) is 0.706. The molecule has 1 aromatic rings. The van der Waals surface area contributed by atoms with Crippen molar-refractivity contribution < 1.29 is 13.9 Å². The summed E-state index contributed by atoms with van der Waals surface area (Å²) in [5.41, 5.74) is 0.540. The van der Waals surface area contributed by atoms with Crippen LogP contribution in [0.3, 0.4) is 0 Å². The molecule has 0 bridgehead atoms. The molecule has 2 aliphatic rings. The van der Waals surface area contributed by atoms with E-state index in [9.17, 15) is 4.79 Å². The number of aryl methyl sites for hydroxylation is 1. The van der Waals surface area contributed by atoms with Gasteiger partial charge in [0.15, 0.2) is 0 Å². The van der Waals surface area contributed by atoms with Crippen LogP contribution in [0.25, 0.3) is 0 Å². The molecular weight excluding hydrogens is 316 g/mol. The van der Waals surface area contributed by atoms with E-state index in [0.29, 0.717) is 17.4 Å². The second-order valence-corrected chi connectivity index (χ2v) is 6.58. The summed E-state index contributed by atoms with van der Waals surface area (Å²) >= 11 is 0. The van der Waals surface area contributed by atoms with Gasteiger partial charge in [0.05, 0.1) is 13.7 Å². The summed E-state index contributed by atoms with van der Waals surface area (Å²) in [6.45, 7) is 5.94. The van der Waals surface area contributed by atoms with Crippen molar-refractivity contribution in [2.75, 3.05) is 26.7 Å². The van der Waals surface area contributed by atoms with Crippen molar-refractivity contribution in [2.24, 2.45) is 5.92 Å². The average Bonchev–Trinajstić information content (AvgIpc) is 3.28. The highest BCUT2D eigenvalue weighted by Crippen LogP contribution is 2.28. The summed E-state index contributed by atoms with van der Waals surface area (Å²) in [5, 5.41) is 3.69. The monoisotopic (exact) mass is 342 g/mol. The highest BCUT2D eigenvalue weighted by atomic mass is 35.5. The molecule has 5 nitrogen and oxygen atoms in total. The van der Waals surface area contributed by atoms with Gasteiger partial charge in [0.2, 0.25) is 0 Å². The first-order chi connectivity index (χ1) is 10.7. The van der Waals surface area contributed by atoms with Gasteiger partial charge in [0.25, 0.3) is 0 Å². The maximum atomic E-state index is 11.6. The standard InChI is InChI=1S/C17H26N2O3.ClH/c1-12-16(17(20)21-2)9-15(22-12)11-19-7-5-14(6-8-19)18-10-13-3-4-13;/h9,13-14,18H,3-8,10-11H2,1-2H3;1H. The fourth-order valence-electron chi connectivity index (χ4n) is 3.11. The lowest BCUT2D eigenvalue weighted by Crippen LogP contribution is -2.42. The molecule has 3 rings (SSSR count). The molecule has 1 N–H and O–H groups in total. The van der Waals surface area contributed by atoms with E-state index >= 15 is 0 Å². The van der Waals surface area contributed by atoms with Crippen LogP contribution >= 0.6 is 12.4 Å². The maximum absolute atomic E-state index is 11.6. The van der Waals surface area contributed by atoms with Crippen LogP contribution in [0, 0.1) is 12.8 Å². The van der Waals surface area contributed by atoms with Crippen molar-refractivity contribution in [1.82, 2.24) is 10.2 Å². The van der Waals surface area contributed by atoms with Crippen molar-refractivity contribution in [1.29, 1.82) is 0 Å². The summed E-state index contributed by atoms with van der Waals surface area (Å²) in [5.74, 6) is 2.11. The number of methoxy groups -OCH3 is 1. The number of hydrogen-bond acceptors (Lipinski definition) is 5. The quantitative estimate of drug-likeness (QED) is 0.806. The van der Waals surface area contributed by atoms with Crippen molar-refractivity contribution in [3.8, 4) is 0 Å². The highest BCUT2D eigenvalue weighted by molar-refractivity contribution is 5.90. The number of halogens is 1. The van der Waals surface area contributed by atoms with Crippen LogP contribution in [-0.4, -0.2) is 43.7 Å². The average molecular weight is 343 g/mol. The lowest BCUT2D eigenvalue weighted by molar-refractivity contribution is 0.0599. The molecular formula is C17H27ClN2O3. The molecule has 1 aromatic heterocycles. The lowest BCUT2D eigenvalue weighted by Gasteiger charge is -2.31. The Bertz CT molecular complexity index is 520. The smallest absolute Gasteiger partial charge is 0.341 e. The van der Waals surface area contributed by atoms with Crippen molar-refractivity contribution in [2.45, 2.75) is 45.2 Å². The summed E-state index contributed by atoms with van der Waals surface area (Å²) < 4.78 is 10.5.